The molecule has 24 heavy (non-hydrogen) atoms. The standard InChI is InChI=1S/C19H23NO4/c1-12-6-8-17(23-4)15(10-12)13(2)20-19(21)16-11-14(22-3)7-9-18(16)24-5/h6-11,13H,1-5H3,(H,20,21). The average molecular weight is 329 g/mol. The summed E-state index contributed by atoms with van der Waals surface area (Å²) in [6.07, 6.45) is 0. The molecule has 0 aliphatic carbocycles. The first-order chi connectivity index (χ1) is 11.5. The van der Waals surface area contributed by atoms with Crippen LogP contribution in [0.4, 0.5) is 0 Å². The molecule has 1 atom stereocenters. The van der Waals surface area contributed by atoms with E-state index in [1.54, 1.807) is 32.4 Å². The summed E-state index contributed by atoms with van der Waals surface area (Å²) in [5.74, 6) is 1.60. The molecule has 2 aromatic rings. The van der Waals surface area contributed by atoms with Crippen molar-refractivity contribution in [1.82, 2.24) is 5.32 Å². The smallest absolute Gasteiger partial charge is 0.255 e. The zero-order valence-electron chi connectivity index (χ0n) is 14.7. The van der Waals surface area contributed by atoms with Gasteiger partial charge in [-0.1, -0.05) is 17.7 Å². The zero-order valence-corrected chi connectivity index (χ0v) is 14.7. The summed E-state index contributed by atoms with van der Waals surface area (Å²) in [6.45, 7) is 3.92. The largest absolute Gasteiger partial charge is 0.497 e. The third-order valence-corrected chi connectivity index (χ3v) is 3.85. The molecule has 2 rings (SSSR count). The summed E-state index contributed by atoms with van der Waals surface area (Å²) in [4.78, 5) is 12.7. The van der Waals surface area contributed by atoms with Crippen LogP contribution in [-0.2, 0) is 0 Å². The second kappa shape index (κ2) is 7.73. The molecule has 0 saturated heterocycles. The quantitative estimate of drug-likeness (QED) is 0.881. The molecule has 0 bridgehead atoms. The first-order valence-electron chi connectivity index (χ1n) is 7.67. The van der Waals surface area contributed by atoms with E-state index in [9.17, 15) is 4.79 Å². The summed E-state index contributed by atoms with van der Waals surface area (Å²) in [5.41, 5.74) is 2.45. The van der Waals surface area contributed by atoms with Crippen LogP contribution in [0, 0.1) is 6.92 Å². The Labute approximate surface area is 142 Å². The van der Waals surface area contributed by atoms with Crippen LogP contribution in [0.2, 0.25) is 0 Å². The maximum Gasteiger partial charge on any atom is 0.255 e. The number of aryl methyl sites for hydroxylation is 1. The topological polar surface area (TPSA) is 56.8 Å². The van der Waals surface area contributed by atoms with Gasteiger partial charge in [0.05, 0.1) is 32.9 Å². The minimum atomic E-state index is -0.234. The van der Waals surface area contributed by atoms with Crippen molar-refractivity contribution in [3.8, 4) is 17.2 Å². The molecule has 1 unspecified atom stereocenters. The molecule has 0 aliphatic rings. The Morgan fingerprint density at radius 1 is 0.958 bits per heavy atom. The molecule has 0 fully saturated rings. The molecule has 0 aromatic heterocycles. The fourth-order valence-electron chi connectivity index (χ4n) is 2.54. The monoisotopic (exact) mass is 329 g/mol. The highest BCUT2D eigenvalue weighted by Crippen LogP contribution is 2.28. The summed E-state index contributed by atoms with van der Waals surface area (Å²) in [6, 6.07) is 10.8. The molecular formula is C19H23NO4. The SMILES string of the molecule is COc1ccc(OC)c(C(=O)NC(C)c2cc(C)ccc2OC)c1. The molecule has 1 amide bonds. The Balaban J connectivity index is 2.28. The number of amides is 1. The Bertz CT molecular complexity index is 727. The van der Waals surface area contributed by atoms with E-state index in [0.717, 1.165) is 16.9 Å². The second-order valence-electron chi connectivity index (χ2n) is 5.51. The summed E-state index contributed by atoms with van der Waals surface area (Å²) < 4.78 is 15.9. The highest BCUT2D eigenvalue weighted by atomic mass is 16.5. The van der Waals surface area contributed by atoms with E-state index >= 15 is 0 Å². The Hall–Kier alpha value is -2.69. The van der Waals surface area contributed by atoms with Crippen LogP contribution in [0.25, 0.3) is 0 Å². The predicted molar refractivity (Wildman–Crippen MR) is 93.2 cm³/mol. The lowest BCUT2D eigenvalue weighted by atomic mass is 10.0. The van der Waals surface area contributed by atoms with Gasteiger partial charge in [0.15, 0.2) is 0 Å². The number of benzene rings is 2. The van der Waals surface area contributed by atoms with Crippen molar-refractivity contribution in [2.75, 3.05) is 21.3 Å². The molecule has 0 spiro atoms. The van der Waals surface area contributed by atoms with Gasteiger partial charge in [-0.25, -0.2) is 0 Å². The molecule has 0 heterocycles. The van der Waals surface area contributed by atoms with E-state index in [4.69, 9.17) is 14.2 Å². The van der Waals surface area contributed by atoms with Gasteiger partial charge in [0, 0.05) is 5.56 Å². The van der Waals surface area contributed by atoms with Crippen LogP contribution in [-0.4, -0.2) is 27.2 Å². The van der Waals surface area contributed by atoms with Gasteiger partial charge >= 0.3 is 0 Å². The molecule has 128 valence electrons. The number of methoxy groups -OCH3 is 3. The van der Waals surface area contributed by atoms with Crippen LogP contribution in [0.5, 0.6) is 17.2 Å². The molecular weight excluding hydrogens is 306 g/mol. The van der Waals surface area contributed by atoms with Gasteiger partial charge < -0.3 is 19.5 Å². The van der Waals surface area contributed by atoms with Crippen molar-refractivity contribution in [3.05, 3.63) is 53.1 Å². The average Bonchev–Trinajstić information content (AvgIpc) is 2.60. The van der Waals surface area contributed by atoms with E-state index in [2.05, 4.69) is 5.32 Å². The summed E-state index contributed by atoms with van der Waals surface area (Å²) in [7, 11) is 4.71. The molecule has 5 heteroatoms. The Morgan fingerprint density at radius 3 is 2.25 bits per heavy atom. The van der Waals surface area contributed by atoms with Crippen LogP contribution in [0.15, 0.2) is 36.4 Å². The number of hydrogen-bond donors (Lipinski definition) is 1. The normalized spacial score (nSPS) is 11.5. The van der Waals surface area contributed by atoms with E-state index in [0.29, 0.717) is 17.1 Å². The predicted octanol–water partition coefficient (Wildman–Crippen LogP) is 3.51. The number of rotatable bonds is 6. The lowest BCUT2D eigenvalue weighted by Crippen LogP contribution is -2.27. The van der Waals surface area contributed by atoms with E-state index in [1.807, 2.05) is 32.0 Å². The zero-order chi connectivity index (χ0) is 17.7. The van der Waals surface area contributed by atoms with Gasteiger partial charge in [0.25, 0.3) is 5.91 Å². The maximum absolute atomic E-state index is 12.7. The first kappa shape index (κ1) is 17.7. The number of ether oxygens (including phenoxy) is 3. The van der Waals surface area contributed by atoms with Gasteiger partial charge in [0.2, 0.25) is 0 Å². The van der Waals surface area contributed by atoms with Crippen molar-refractivity contribution in [1.29, 1.82) is 0 Å². The maximum atomic E-state index is 12.7. The summed E-state index contributed by atoms with van der Waals surface area (Å²) >= 11 is 0. The number of carbonyl (C=O) groups is 1. The van der Waals surface area contributed by atoms with Crippen LogP contribution >= 0.6 is 0 Å². The first-order valence-corrected chi connectivity index (χ1v) is 7.67. The van der Waals surface area contributed by atoms with Crippen molar-refractivity contribution >= 4 is 5.91 Å². The van der Waals surface area contributed by atoms with E-state index in [-0.39, 0.29) is 11.9 Å². The second-order valence-corrected chi connectivity index (χ2v) is 5.51. The van der Waals surface area contributed by atoms with Gasteiger partial charge in [-0.15, -0.1) is 0 Å². The third-order valence-electron chi connectivity index (χ3n) is 3.85. The third kappa shape index (κ3) is 3.79. The molecule has 0 aliphatic heterocycles. The Kier molecular flexibility index (Phi) is 5.68. The molecule has 1 N–H and O–H groups in total. The lowest BCUT2D eigenvalue weighted by Gasteiger charge is -2.19. The minimum Gasteiger partial charge on any atom is -0.497 e. The van der Waals surface area contributed by atoms with Crippen LogP contribution in [0.1, 0.15) is 34.5 Å². The number of nitrogens with one attached hydrogen (secondary N) is 1. The minimum absolute atomic E-state index is 0.219. The fraction of sp³-hybridized carbons (Fsp3) is 0.316. The van der Waals surface area contributed by atoms with Crippen molar-refractivity contribution in [2.45, 2.75) is 19.9 Å². The van der Waals surface area contributed by atoms with E-state index in [1.165, 1.54) is 7.11 Å². The molecule has 2 aromatic carbocycles. The Morgan fingerprint density at radius 2 is 1.62 bits per heavy atom. The van der Waals surface area contributed by atoms with Gasteiger partial charge in [0.1, 0.15) is 17.2 Å². The van der Waals surface area contributed by atoms with Crippen LogP contribution < -0.4 is 19.5 Å². The summed E-state index contributed by atoms with van der Waals surface area (Å²) in [5, 5.41) is 2.99. The fourth-order valence-corrected chi connectivity index (χ4v) is 2.54. The molecule has 5 nitrogen and oxygen atoms in total. The lowest BCUT2D eigenvalue weighted by molar-refractivity contribution is 0.0936. The van der Waals surface area contributed by atoms with Crippen molar-refractivity contribution < 1.29 is 19.0 Å². The van der Waals surface area contributed by atoms with Gasteiger partial charge in [-0.3, -0.25) is 4.79 Å². The van der Waals surface area contributed by atoms with Gasteiger partial charge in [-0.05, 0) is 38.1 Å². The van der Waals surface area contributed by atoms with E-state index < -0.39 is 0 Å². The van der Waals surface area contributed by atoms with Crippen molar-refractivity contribution in [3.63, 3.8) is 0 Å². The highest BCUT2D eigenvalue weighted by molar-refractivity contribution is 5.97. The van der Waals surface area contributed by atoms with Gasteiger partial charge in [-0.2, -0.15) is 0 Å². The molecule has 0 radical (unpaired) electrons. The number of hydrogen-bond acceptors (Lipinski definition) is 4. The van der Waals surface area contributed by atoms with Crippen molar-refractivity contribution in [2.24, 2.45) is 0 Å². The van der Waals surface area contributed by atoms with Crippen LogP contribution in [0.3, 0.4) is 0 Å². The highest BCUT2D eigenvalue weighted by Gasteiger charge is 2.18. The number of carbonyl (C=O) groups excluding carboxylic acids is 1. The molecule has 0 saturated carbocycles.